The van der Waals surface area contributed by atoms with E-state index in [0.29, 0.717) is 19.5 Å². The third-order valence-electron chi connectivity index (χ3n) is 2.84. The Hall–Kier alpha value is -2.09. The van der Waals surface area contributed by atoms with Crippen LogP contribution >= 0.6 is 0 Å². The van der Waals surface area contributed by atoms with Gasteiger partial charge in [-0.1, -0.05) is 12.1 Å². The number of unbranched alkanes of at least 4 members (excludes halogenated alkanes) is 1. The van der Waals surface area contributed by atoms with Crippen LogP contribution in [0.15, 0.2) is 24.3 Å². The molecule has 0 saturated carbocycles. The predicted molar refractivity (Wildman–Crippen MR) is 75.1 cm³/mol. The topological polar surface area (TPSA) is 84.2 Å². The van der Waals surface area contributed by atoms with Crippen LogP contribution in [0.25, 0.3) is 0 Å². The molecule has 4 N–H and O–H groups in total. The minimum Gasteiger partial charge on any atom is -0.355 e. The van der Waals surface area contributed by atoms with Crippen LogP contribution < -0.4 is 16.4 Å². The fourth-order valence-corrected chi connectivity index (χ4v) is 1.74. The van der Waals surface area contributed by atoms with Gasteiger partial charge in [0.2, 0.25) is 5.91 Å². The van der Waals surface area contributed by atoms with Crippen molar-refractivity contribution in [3.63, 3.8) is 0 Å². The highest BCUT2D eigenvalue weighted by Crippen LogP contribution is 2.31. The van der Waals surface area contributed by atoms with Gasteiger partial charge in [-0.2, -0.15) is 13.2 Å². The summed E-state index contributed by atoms with van der Waals surface area (Å²) in [6, 6.07) is 4.42. The molecule has 0 aliphatic heterocycles. The average Bonchev–Trinajstić information content (AvgIpc) is 2.48. The van der Waals surface area contributed by atoms with Crippen LogP contribution in [0.3, 0.4) is 0 Å². The standard InChI is InChI=1S/C14H18F3N3O2/c15-14(16,17)11-6-2-1-5-10(11)13(22)20-9-12(21)19-8-4-3-7-18/h1-2,5-6H,3-4,7-9,18H2,(H,19,21)(H,20,22). The molecule has 0 heterocycles. The number of benzene rings is 1. The Morgan fingerprint density at radius 1 is 1.09 bits per heavy atom. The summed E-state index contributed by atoms with van der Waals surface area (Å²) in [5.74, 6) is -1.40. The zero-order chi connectivity index (χ0) is 16.6. The van der Waals surface area contributed by atoms with Gasteiger partial charge in [-0.3, -0.25) is 9.59 Å². The van der Waals surface area contributed by atoms with E-state index >= 15 is 0 Å². The van der Waals surface area contributed by atoms with Crippen LogP contribution in [-0.4, -0.2) is 31.4 Å². The molecule has 8 heteroatoms. The van der Waals surface area contributed by atoms with Crippen LogP contribution in [0, 0.1) is 0 Å². The molecular formula is C14H18F3N3O2. The Kier molecular flexibility index (Phi) is 6.84. The van der Waals surface area contributed by atoms with E-state index < -0.39 is 29.1 Å². The van der Waals surface area contributed by atoms with Crippen LogP contribution in [0.2, 0.25) is 0 Å². The lowest BCUT2D eigenvalue weighted by Crippen LogP contribution is -2.38. The molecule has 0 fully saturated rings. The summed E-state index contributed by atoms with van der Waals surface area (Å²) in [5.41, 5.74) is 3.76. The van der Waals surface area contributed by atoms with Gasteiger partial charge in [0.25, 0.3) is 5.91 Å². The van der Waals surface area contributed by atoms with Gasteiger partial charge < -0.3 is 16.4 Å². The smallest absolute Gasteiger partial charge is 0.355 e. The van der Waals surface area contributed by atoms with Crippen molar-refractivity contribution in [2.75, 3.05) is 19.6 Å². The number of alkyl halides is 3. The number of hydrogen-bond acceptors (Lipinski definition) is 3. The normalized spacial score (nSPS) is 11.1. The molecule has 0 radical (unpaired) electrons. The zero-order valence-electron chi connectivity index (χ0n) is 11.9. The summed E-state index contributed by atoms with van der Waals surface area (Å²) < 4.78 is 38.3. The Morgan fingerprint density at radius 3 is 2.41 bits per heavy atom. The first kappa shape index (κ1) is 18.0. The van der Waals surface area contributed by atoms with Crippen molar-refractivity contribution in [3.8, 4) is 0 Å². The maximum Gasteiger partial charge on any atom is 0.417 e. The van der Waals surface area contributed by atoms with Gasteiger partial charge in [-0.25, -0.2) is 0 Å². The predicted octanol–water partition coefficient (Wildman–Crippen LogP) is 1.29. The molecule has 5 nitrogen and oxygen atoms in total. The van der Waals surface area contributed by atoms with Gasteiger partial charge in [0.05, 0.1) is 17.7 Å². The number of nitrogens with one attached hydrogen (secondary N) is 2. The molecule has 122 valence electrons. The van der Waals surface area contributed by atoms with Crippen molar-refractivity contribution >= 4 is 11.8 Å². The summed E-state index contributed by atoms with van der Waals surface area (Å²) in [6.45, 7) is 0.541. The summed E-state index contributed by atoms with van der Waals surface area (Å²) in [7, 11) is 0. The molecule has 0 saturated heterocycles. The second kappa shape index (κ2) is 8.38. The molecule has 1 rings (SSSR count). The molecular weight excluding hydrogens is 299 g/mol. The van der Waals surface area contributed by atoms with Crippen LogP contribution in [0.4, 0.5) is 13.2 Å². The minimum atomic E-state index is -4.63. The zero-order valence-corrected chi connectivity index (χ0v) is 11.9. The van der Waals surface area contributed by atoms with Gasteiger partial charge in [0.15, 0.2) is 0 Å². The van der Waals surface area contributed by atoms with Crippen LogP contribution in [0.5, 0.6) is 0 Å². The van der Waals surface area contributed by atoms with Crippen molar-refractivity contribution in [1.29, 1.82) is 0 Å². The Morgan fingerprint density at radius 2 is 1.77 bits per heavy atom. The first-order chi connectivity index (χ1) is 10.4. The molecule has 0 aromatic heterocycles. The maximum atomic E-state index is 12.8. The fraction of sp³-hybridized carbons (Fsp3) is 0.429. The summed E-state index contributed by atoms with van der Waals surface area (Å²) in [4.78, 5) is 23.2. The molecule has 1 aromatic rings. The highest BCUT2D eigenvalue weighted by Gasteiger charge is 2.34. The average molecular weight is 317 g/mol. The lowest BCUT2D eigenvalue weighted by Gasteiger charge is -2.12. The first-order valence-corrected chi connectivity index (χ1v) is 6.77. The third-order valence-corrected chi connectivity index (χ3v) is 2.84. The van der Waals surface area contributed by atoms with Crippen LogP contribution in [0.1, 0.15) is 28.8 Å². The number of halogens is 3. The molecule has 1 aromatic carbocycles. The van der Waals surface area contributed by atoms with E-state index in [4.69, 9.17) is 5.73 Å². The summed E-state index contributed by atoms with van der Waals surface area (Å²) >= 11 is 0. The molecule has 0 atom stereocenters. The molecule has 2 amide bonds. The van der Waals surface area contributed by atoms with Crippen molar-refractivity contribution in [2.24, 2.45) is 5.73 Å². The summed E-state index contributed by atoms with van der Waals surface area (Å²) in [5, 5.41) is 4.71. The molecule has 0 aliphatic rings. The van der Waals surface area contributed by atoms with E-state index in [1.54, 1.807) is 0 Å². The number of carbonyl (C=O) groups excluding carboxylic acids is 2. The van der Waals surface area contributed by atoms with E-state index in [-0.39, 0.29) is 6.54 Å². The van der Waals surface area contributed by atoms with E-state index in [2.05, 4.69) is 10.6 Å². The van der Waals surface area contributed by atoms with E-state index in [0.717, 1.165) is 18.6 Å². The molecule has 0 bridgehead atoms. The molecule has 0 spiro atoms. The van der Waals surface area contributed by atoms with Gasteiger partial charge in [0.1, 0.15) is 0 Å². The lowest BCUT2D eigenvalue weighted by atomic mass is 10.1. The third kappa shape index (κ3) is 5.72. The highest BCUT2D eigenvalue weighted by atomic mass is 19.4. The number of rotatable bonds is 7. The van der Waals surface area contributed by atoms with Gasteiger partial charge in [0, 0.05) is 6.54 Å². The molecule has 0 unspecified atom stereocenters. The Bertz CT molecular complexity index is 518. The summed E-state index contributed by atoms with van der Waals surface area (Å²) in [6.07, 6.45) is -3.17. The second-order valence-electron chi connectivity index (χ2n) is 4.57. The number of hydrogen-bond donors (Lipinski definition) is 3. The maximum absolute atomic E-state index is 12.8. The van der Waals surface area contributed by atoms with Gasteiger partial charge in [-0.05, 0) is 31.5 Å². The van der Waals surface area contributed by atoms with Crippen molar-refractivity contribution in [1.82, 2.24) is 10.6 Å². The number of nitrogens with two attached hydrogens (primary N) is 1. The SMILES string of the molecule is NCCCCNC(=O)CNC(=O)c1ccccc1C(F)(F)F. The van der Waals surface area contributed by atoms with Gasteiger partial charge >= 0.3 is 6.18 Å². The van der Waals surface area contributed by atoms with Gasteiger partial charge in [-0.15, -0.1) is 0 Å². The number of carbonyl (C=O) groups is 2. The Labute approximate surface area is 126 Å². The second-order valence-corrected chi connectivity index (χ2v) is 4.57. The first-order valence-electron chi connectivity index (χ1n) is 6.77. The highest BCUT2D eigenvalue weighted by molar-refractivity contribution is 5.97. The monoisotopic (exact) mass is 317 g/mol. The Balaban J connectivity index is 2.55. The van der Waals surface area contributed by atoms with Crippen molar-refractivity contribution in [2.45, 2.75) is 19.0 Å². The number of amides is 2. The van der Waals surface area contributed by atoms with Crippen molar-refractivity contribution in [3.05, 3.63) is 35.4 Å². The molecule has 0 aliphatic carbocycles. The van der Waals surface area contributed by atoms with Crippen molar-refractivity contribution < 1.29 is 22.8 Å². The van der Waals surface area contributed by atoms with E-state index in [1.807, 2.05) is 0 Å². The van der Waals surface area contributed by atoms with Crippen LogP contribution in [-0.2, 0) is 11.0 Å². The quantitative estimate of drug-likeness (QED) is 0.663. The lowest BCUT2D eigenvalue weighted by molar-refractivity contribution is -0.137. The van der Waals surface area contributed by atoms with E-state index in [9.17, 15) is 22.8 Å². The van der Waals surface area contributed by atoms with E-state index in [1.165, 1.54) is 12.1 Å². The minimum absolute atomic E-state index is 0.381. The molecule has 22 heavy (non-hydrogen) atoms. The largest absolute Gasteiger partial charge is 0.417 e. The fourth-order valence-electron chi connectivity index (χ4n) is 1.74.